The van der Waals surface area contributed by atoms with Crippen LogP contribution in [0, 0.1) is 6.92 Å². The first-order valence-corrected chi connectivity index (χ1v) is 7.77. The van der Waals surface area contributed by atoms with Crippen molar-refractivity contribution in [2.24, 2.45) is 5.73 Å². The molecule has 0 aliphatic rings. The fourth-order valence-electron chi connectivity index (χ4n) is 2.44. The van der Waals surface area contributed by atoms with Crippen LogP contribution in [-0.2, 0) is 13.0 Å². The molecule has 0 spiro atoms. The van der Waals surface area contributed by atoms with E-state index in [2.05, 4.69) is 20.1 Å². The first-order valence-electron chi connectivity index (χ1n) is 7.77. The molecule has 0 saturated carbocycles. The van der Waals surface area contributed by atoms with Crippen LogP contribution < -0.4 is 10.6 Å². The molecule has 0 aliphatic carbocycles. The van der Waals surface area contributed by atoms with Crippen molar-refractivity contribution < 1.29 is 4.52 Å². The van der Waals surface area contributed by atoms with Crippen molar-refractivity contribution in [2.45, 2.75) is 19.9 Å². The zero-order chi connectivity index (χ0) is 16.9. The lowest BCUT2D eigenvalue weighted by Gasteiger charge is -2.17. The van der Waals surface area contributed by atoms with Crippen LogP contribution >= 0.6 is 0 Å². The van der Waals surface area contributed by atoms with Crippen molar-refractivity contribution in [1.29, 1.82) is 0 Å². The molecule has 0 aliphatic heterocycles. The first kappa shape index (κ1) is 16.1. The maximum Gasteiger partial charge on any atom is 0.156 e. The van der Waals surface area contributed by atoms with E-state index in [-0.39, 0.29) is 0 Å². The molecule has 0 unspecified atom stereocenters. The number of nitrogens with two attached hydrogens (primary N) is 1. The number of nitrogens with zero attached hydrogens (tertiary/aromatic N) is 5. The molecule has 7 heteroatoms. The van der Waals surface area contributed by atoms with Crippen LogP contribution in [0.15, 0.2) is 41.2 Å². The summed E-state index contributed by atoms with van der Waals surface area (Å²) in [6.45, 7) is 3.01. The minimum atomic E-state index is 0.561. The molecule has 3 rings (SSSR count). The number of aryl methyl sites for hydroxylation is 1. The molecule has 2 N–H and O–H groups in total. The molecule has 3 aromatic rings. The Morgan fingerprint density at radius 3 is 2.88 bits per heavy atom. The fourth-order valence-corrected chi connectivity index (χ4v) is 2.44. The summed E-state index contributed by atoms with van der Waals surface area (Å²) in [6.07, 6.45) is 4.23. The molecular formula is C17H20N6O. The van der Waals surface area contributed by atoms with E-state index in [1.165, 1.54) is 0 Å². The average molecular weight is 324 g/mol. The van der Waals surface area contributed by atoms with Gasteiger partial charge in [0, 0.05) is 49.3 Å². The molecule has 24 heavy (non-hydrogen) atoms. The van der Waals surface area contributed by atoms with E-state index in [0.717, 1.165) is 40.8 Å². The Labute approximate surface area is 140 Å². The average Bonchev–Trinajstić information content (AvgIpc) is 3.04. The van der Waals surface area contributed by atoms with Gasteiger partial charge in [-0.3, -0.25) is 4.98 Å². The highest BCUT2D eigenvalue weighted by atomic mass is 16.5. The SMILES string of the molecule is Cc1nc(CCN)cc(N(C)Cc2cc(-c3cccnc3)no2)n1. The number of hydrogen-bond donors (Lipinski definition) is 1. The van der Waals surface area contributed by atoms with E-state index in [9.17, 15) is 0 Å². The molecule has 0 atom stereocenters. The minimum absolute atomic E-state index is 0.561. The second-order valence-corrected chi connectivity index (χ2v) is 5.58. The molecular weight excluding hydrogens is 304 g/mol. The van der Waals surface area contributed by atoms with Gasteiger partial charge in [0.15, 0.2) is 5.76 Å². The molecule has 0 aromatic carbocycles. The van der Waals surface area contributed by atoms with E-state index in [1.807, 2.05) is 43.1 Å². The van der Waals surface area contributed by atoms with Gasteiger partial charge < -0.3 is 15.2 Å². The Kier molecular flexibility index (Phi) is 4.81. The van der Waals surface area contributed by atoms with Gasteiger partial charge in [-0.2, -0.15) is 0 Å². The zero-order valence-corrected chi connectivity index (χ0v) is 13.8. The van der Waals surface area contributed by atoms with Crippen LogP contribution in [0.5, 0.6) is 0 Å². The number of pyridine rings is 1. The monoisotopic (exact) mass is 324 g/mol. The predicted molar refractivity (Wildman–Crippen MR) is 91.4 cm³/mol. The Morgan fingerprint density at radius 2 is 2.12 bits per heavy atom. The summed E-state index contributed by atoms with van der Waals surface area (Å²) in [4.78, 5) is 15.0. The number of anilines is 1. The Hall–Kier alpha value is -2.80. The van der Waals surface area contributed by atoms with Crippen molar-refractivity contribution in [1.82, 2.24) is 20.1 Å². The lowest BCUT2D eigenvalue weighted by molar-refractivity contribution is 0.384. The van der Waals surface area contributed by atoms with Crippen molar-refractivity contribution in [2.75, 3.05) is 18.5 Å². The molecule has 124 valence electrons. The summed E-state index contributed by atoms with van der Waals surface area (Å²) < 4.78 is 5.44. The first-order chi connectivity index (χ1) is 11.7. The van der Waals surface area contributed by atoms with Gasteiger partial charge in [-0.25, -0.2) is 9.97 Å². The van der Waals surface area contributed by atoms with E-state index < -0.39 is 0 Å². The number of hydrogen-bond acceptors (Lipinski definition) is 7. The molecule has 0 saturated heterocycles. The standard InChI is InChI=1S/C17H20N6O/c1-12-20-14(5-6-18)8-17(21-12)23(2)11-15-9-16(22-24-15)13-4-3-7-19-10-13/h3-4,7-10H,5-6,11,18H2,1-2H3. The molecule has 3 heterocycles. The topological polar surface area (TPSA) is 94.0 Å². The van der Waals surface area contributed by atoms with Crippen LogP contribution in [-0.4, -0.2) is 33.7 Å². The van der Waals surface area contributed by atoms with Crippen LogP contribution in [0.25, 0.3) is 11.3 Å². The third-order valence-corrected chi connectivity index (χ3v) is 3.58. The molecule has 0 fully saturated rings. The number of rotatable bonds is 6. The third kappa shape index (κ3) is 3.75. The Morgan fingerprint density at radius 1 is 1.25 bits per heavy atom. The van der Waals surface area contributed by atoms with Gasteiger partial charge in [0.1, 0.15) is 17.3 Å². The molecule has 0 amide bonds. The van der Waals surface area contributed by atoms with E-state index >= 15 is 0 Å². The maximum absolute atomic E-state index is 5.62. The maximum atomic E-state index is 5.62. The second kappa shape index (κ2) is 7.18. The van der Waals surface area contributed by atoms with Gasteiger partial charge in [-0.15, -0.1) is 0 Å². The van der Waals surface area contributed by atoms with E-state index in [4.69, 9.17) is 10.3 Å². The van der Waals surface area contributed by atoms with Crippen LogP contribution in [0.4, 0.5) is 5.82 Å². The van der Waals surface area contributed by atoms with Crippen LogP contribution in [0.3, 0.4) is 0 Å². The van der Waals surface area contributed by atoms with Gasteiger partial charge in [-0.05, 0) is 25.6 Å². The van der Waals surface area contributed by atoms with Crippen LogP contribution in [0.2, 0.25) is 0 Å². The lowest BCUT2D eigenvalue weighted by Crippen LogP contribution is -2.19. The predicted octanol–water partition coefficient (Wildman–Crippen LogP) is 1.97. The normalized spacial score (nSPS) is 10.8. The van der Waals surface area contributed by atoms with Gasteiger partial charge in [0.2, 0.25) is 0 Å². The van der Waals surface area contributed by atoms with Crippen molar-refractivity contribution in [3.05, 3.63) is 53.9 Å². The smallest absolute Gasteiger partial charge is 0.156 e. The summed E-state index contributed by atoms with van der Waals surface area (Å²) >= 11 is 0. The number of aromatic nitrogens is 4. The minimum Gasteiger partial charge on any atom is -0.359 e. The largest absolute Gasteiger partial charge is 0.359 e. The summed E-state index contributed by atoms with van der Waals surface area (Å²) in [7, 11) is 1.96. The summed E-state index contributed by atoms with van der Waals surface area (Å²) in [5.74, 6) is 2.33. The third-order valence-electron chi connectivity index (χ3n) is 3.58. The zero-order valence-electron chi connectivity index (χ0n) is 13.8. The van der Waals surface area contributed by atoms with E-state index in [0.29, 0.717) is 13.1 Å². The Balaban J connectivity index is 1.75. The van der Waals surface area contributed by atoms with Gasteiger partial charge >= 0.3 is 0 Å². The van der Waals surface area contributed by atoms with Gasteiger partial charge in [0.25, 0.3) is 0 Å². The van der Waals surface area contributed by atoms with Gasteiger partial charge in [-0.1, -0.05) is 5.16 Å². The summed E-state index contributed by atoms with van der Waals surface area (Å²) in [5, 5.41) is 4.11. The molecule has 0 radical (unpaired) electrons. The second-order valence-electron chi connectivity index (χ2n) is 5.58. The summed E-state index contributed by atoms with van der Waals surface area (Å²) in [6, 6.07) is 7.70. The highest BCUT2D eigenvalue weighted by Crippen LogP contribution is 2.20. The fraction of sp³-hybridized carbons (Fsp3) is 0.294. The lowest BCUT2D eigenvalue weighted by atomic mass is 10.2. The Bertz CT molecular complexity index is 802. The van der Waals surface area contributed by atoms with E-state index in [1.54, 1.807) is 12.4 Å². The van der Waals surface area contributed by atoms with Gasteiger partial charge in [0.05, 0.1) is 6.54 Å². The summed E-state index contributed by atoms with van der Waals surface area (Å²) in [5.41, 5.74) is 8.26. The molecule has 0 bridgehead atoms. The highest BCUT2D eigenvalue weighted by Gasteiger charge is 2.12. The van der Waals surface area contributed by atoms with Crippen molar-refractivity contribution >= 4 is 5.82 Å². The van der Waals surface area contributed by atoms with Crippen LogP contribution in [0.1, 0.15) is 17.3 Å². The quantitative estimate of drug-likeness (QED) is 0.740. The molecule has 7 nitrogen and oxygen atoms in total. The molecule has 3 aromatic heterocycles. The highest BCUT2D eigenvalue weighted by molar-refractivity contribution is 5.57. The van der Waals surface area contributed by atoms with Crippen molar-refractivity contribution in [3.63, 3.8) is 0 Å². The van der Waals surface area contributed by atoms with Crippen molar-refractivity contribution in [3.8, 4) is 11.3 Å².